The van der Waals surface area contributed by atoms with Gasteiger partial charge in [-0.25, -0.2) is 0 Å². The summed E-state index contributed by atoms with van der Waals surface area (Å²) in [5.41, 5.74) is -0.969. The van der Waals surface area contributed by atoms with Gasteiger partial charge >= 0.3 is 5.97 Å². The number of carboxylic acid groups (broad SMARTS) is 1. The number of carbonyl (C=O) groups is 2. The van der Waals surface area contributed by atoms with Gasteiger partial charge in [0.1, 0.15) is 0 Å². The van der Waals surface area contributed by atoms with E-state index in [1.54, 1.807) is 31.9 Å². The maximum absolute atomic E-state index is 12.2. The first-order chi connectivity index (χ1) is 8.97. The van der Waals surface area contributed by atoms with Gasteiger partial charge in [0.25, 0.3) is 0 Å². The zero-order valence-electron chi connectivity index (χ0n) is 12.1. The van der Waals surface area contributed by atoms with Crippen molar-refractivity contribution in [2.45, 2.75) is 33.1 Å². The van der Waals surface area contributed by atoms with Gasteiger partial charge in [0.2, 0.25) is 5.91 Å². The van der Waals surface area contributed by atoms with Crippen LogP contribution in [0, 0.1) is 5.41 Å². The van der Waals surface area contributed by atoms with E-state index >= 15 is 0 Å². The number of carboxylic acids is 1. The van der Waals surface area contributed by atoms with Gasteiger partial charge in [-0.2, -0.15) is 0 Å². The van der Waals surface area contributed by atoms with Gasteiger partial charge in [-0.3, -0.25) is 9.59 Å². The first-order valence-corrected chi connectivity index (χ1v) is 6.58. The number of methoxy groups -OCH3 is 1. The van der Waals surface area contributed by atoms with Gasteiger partial charge in [0.15, 0.2) is 0 Å². The molecule has 0 fully saturated rings. The van der Waals surface area contributed by atoms with Gasteiger partial charge in [-0.1, -0.05) is 19.9 Å². The highest BCUT2D eigenvalue weighted by Gasteiger charge is 2.38. The SMILES string of the molecule is C=CCN(CCOC)C(=O)CC(CC)(CC)C(=O)O. The summed E-state index contributed by atoms with van der Waals surface area (Å²) in [5, 5.41) is 9.34. The van der Waals surface area contributed by atoms with E-state index in [1.165, 1.54) is 0 Å². The molecule has 19 heavy (non-hydrogen) atoms. The Kier molecular flexibility index (Phi) is 8.07. The Morgan fingerprint density at radius 1 is 1.37 bits per heavy atom. The van der Waals surface area contributed by atoms with E-state index in [9.17, 15) is 14.7 Å². The molecular formula is C14H25NO4. The lowest BCUT2D eigenvalue weighted by atomic mass is 9.79. The van der Waals surface area contributed by atoms with E-state index in [0.29, 0.717) is 32.5 Å². The molecule has 0 aliphatic carbocycles. The van der Waals surface area contributed by atoms with Crippen molar-refractivity contribution in [3.05, 3.63) is 12.7 Å². The average molecular weight is 271 g/mol. The second kappa shape index (κ2) is 8.69. The van der Waals surface area contributed by atoms with Crippen LogP contribution in [-0.4, -0.2) is 48.7 Å². The molecule has 0 saturated heterocycles. The molecule has 5 nitrogen and oxygen atoms in total. The predicted molar refractivity (Wildman–Crippen MR) is 73.9 cm³/mol. The molecule has 0 rings (SSSR count). The van der Waals surface area contributed by atoms with Crippen molar-refractivity contribution in [3.63, 3.8) is 0 Å². The fourth-order valence-electron chi connectivity index (χ4n) is 1.95. The summed E-state index contributed by atoms with van der Waals surface area (Å²) >= 11 is 0. The molecule has 0 aromatic carbocycles. The molecule has 0 saturated carbocycles. The summed E-state index contributed by atoms with van der Waals surface area (Å²) in [7, 11) is 1.57. The van der Waals surface area contributed by atoms with Crippen LogP contribution in [0.3, 0.4) is 0 Å². The summed E-state index contributed by atoms with van der Waals surface area (Å²) in [5.74, 6) is -1.07. The van der Waals surface area contributed by atoms with Crippen molar-refractivity contribution in [2.24, 2.45) is 5.41 Å². The van der Waals surface area contributed by atoms with Crippen LogP contribution in [0.5, 0.6) is 0 Å². The van der Waals surface area contributed by atoms with Crippen LogP contribution in [0.25, 0.3) is 0 Å². The lowest BCUT2D eigenvalue weighted by Gasteiger charge is -2.29. The normalized spacial score (nSPS) is 11.1. The zero-order chi connectivity index (χ0) is 14.9. The average Bonchev–Trinajstić information content (AvgIpc) is 2.40. The van der Waals surface area contributed by atoms with Crippen molar-refractivity contribution >= 4 is 11.9 Å². The van der Waals surface area contributed by atoms with E-state index in [1.807, 2.05) is 0 Å². The van der Waals surface area contributed by atoms with Gasteiger partial charge in [0, 0.05) is 26.6 Å². The van der Waals surface area contributed by atoms with Gasteiger partial charge < -0.3 is 14.7 Å². The first kappa shape index (κ1) is 17.6. The highest BCUT2D eigenvalue weighted by molar-refractivity contribution is 5.85. The van der Waals surface area contributed by atoms with E-state index in [0.717, 1.165) is 0 Å². The number of ether oxygens (including phenoxy) is 1. The number of hydrogen-bond donors (Lipinski definition) is 1. The standard InChI is InChI=1S/C14H25NO4/c1-5-8-15(9-10-19-4)12(16)11-14(6-2,7-3)13(17)18/h5H,1,6-11H2,2-4H3,(H,17,18). The summed E-state index contributed by atoms with van der Waals surface area (Å²) in [6.45, 7) is 8.50. The number of aliphatic carboxylic acids is 1. The smallest absolute Gasteiger partial charge is 0.310 e. The first-order valence-electron chi connectivity index (χ1n) is 6.58. The van der Waals surface area contributed by atoms with Crippen LogP contribution in [-0.2, 0) is 14.3 Å². The summed E-state index contributed by atoms with van der Waals surface area (Å²) in [4.78, 5) is 25.2. The van der Waals surface area contributed by atoms with Crippen molar-refractivity contribution < 1.29 is 19.4 Å². The molecule has 0 spiro atoms. The van der Waals surface area contributed by atoms with Crippen LogP contribution < -0.4 is 0 Å². The summed E-state index contributed by atoms with van der Waals surface area (Å²) in [6, 6.07) is 0. The van der Waals surface area contributed by atoms with Crippen molar-refractivity contribution in [3.8, 4) is 0 Å². The molecule has 0 aliphatic heterocycles. The number of rotatable bonds is 10. The maximum atomic E-state index is 12.2. The lowest BCUT2D eigenvalue weighted by molar-refractivity contribution is -0.154. The van der Waals surface area contributed by atoms with Crippen LogP contribution in [0.4, 0.5) is 0 Å². The minimum absolute atomic E-state index is 0.0207. The molecule has 0 heterocycles. The van der Waals surface area contributed by atoms with Gasteiger partial charge in [-0.05, 0) is 12.8 Å². The minimum atomic E-state index is -0.969. The molecule has 0 unspecified atom stereocenters. The second-order valence-corrected chi connectivity index (χ2v) is 4.59. The Morgan fingerprint density at radius 3 is 2.32 bits per heavy atom. The zero-order valence-corrected chi connectivity index (χ0v) is 12.1. The van der Waals surface area contributed by atoms with Crippen LogP contribution in [0.15, 0.2) is 12.7 Å². The maximum Gasteiger partial charge on any atom is 0.310 e. The van der Waals surface area contributed by atoms with Crippen LogP contribution >= 0.6 is 0 Å². The Bertz CT molecular complexity index is 311. The van der Waals surface area contributed by atoms with E-state index in [-0.39, 0.29) is 12.3 Å². The highest BCUT2D eigenvalue weighted by Crippen LogP contribution is 2.31. The Morgan fingerprint density at radius 2 is 1.95 bits per heavy atom. The third-order valence-corrected chi connectivity index (χ3v) is 3.56. The molecule has 0 aromatic heterocycles. The molecule has 0 radical (unpaired) electrons. The van der Waals surface area contributed by atoms with Gasteiger partial charge in [-0.15, -0.1) is 6.58 Å². The number of nitrogens with zero attached hydrogens (tertiary/aromatic N) is 1. The van der Waals surface area contributed by atoms with Crippen molar-refractivity contribution in [1.82, 2.24) is 4.90 Å². The molecule has 110 valence electrons. The Labute approximate surface area is 115 Å². The van der Waals surface area contributed by atoms with Crippen LogP contribution in [0.2, 0.25) is 0 Å². The molecule has 0 atom stereocenters. The van der Waals surface area contributed by atoms with E-state index in [4.69, 9.17) is 4.74 Å². The van der Waals surface area contributed by atoms with E-state index < -0.39 is 11.4 Å². The molecule has 0 bridgehead atoms. The molecular weight excluding hydrogens is 246 g/mol. The third-order valence-electron chi connectivity index (χ3n) is 3.56. The van der Waals surface area contributed by atoms with E-state index in [2.05, 4.69) is 6.58 Å². The van der Waals surface area contributed by atoms with Crippen molar-refractivity contribution in [1.29, 1.82) is 0 Å². The monoisotopic (exact) mass is 271 g/mol. The molecule has 1 N–H and O–H groups in total. The predicted octanol–water partition coefficient (Wildman–Crippen LogP) is 1.93. The Hall–Kier alpha value is -1.36. The molecule has 0 aromatic rings. The summed E-state index contributed by atoms with van der Waals surface area (Å²) < 4.78 is 4.95. The topological polar surface area (TPSA) is 66.8 Å². The molecule has 0 aliphatic rings. The third kappa shape index (κ3) is 5.03. The number of carbonyl (C=O) groups excluding carboxylic acids is 1. The van der Waals surface area contributed by atoms with Gasteiger partial charge in [0.05, 0.1) is 12.0 Å². The summed E-state index contributed by atoms with van der Waals surface area (Å²) in [6.07, 6.45) is 2.54. The Balaban J connectivity index is 4.84. The number of amides is 1. The van der Waals surface area contributed by atoms with Crippen LogP contribution in [0.1, 0.15) is 33.1 Å². The number of hydrogen-bond acceptors (Lipinski definition) is 3. The minimum Gasteiger partial charge on any atom is -0.481 e. The molecule has 5 heteroatoms. The largest absolute Gasteiger partial charge is 0.481 e. The second-order valence-electron chi connectivity index (χ2n) is 4.59. The quantitative estimate of drug-likeness (QED) is 0.616. The fraction of sp³-hybridized carbons (Fsp3) is 0.714. The highest BCUT2D eigenvalue weighted by atomic mass is 16.5. The lowest BCUT2D eigenvalue weighted by Crippen LogP contribution is -2.40. The molecule has 1 amide bonds. The van der Waals surface area contributed by atoms with Crippen molar-refractivity contribution in [2.75, 3.05) is 26.8 Å². The fourth-order valence-corrected chi connectivity index (χ4v) is 1.95.